The highest BCUT2D eigenvalue weighted by atomic mass is 35.5. The van der Waals surface area contributed by atoms with Crippen molar-refractivity contribution in [3.05, 3.63) is 89.5 Å². The van der Waals surface area contributed by atoms with Crippen molar-refractivity contribution in [1.82, 2.24) is 0 Å². The van der Waals surface area contributed by atoms with E-state index in [-0.39, 0.29) is 23.5 Å². The molecule has 0 heterocycles. The van der Waals surface area contributed by atoms with E-state index >= 15 is 0 Å². The molecule has 0 amide bonds. The number of aliphatic imine (C=N–C) groups is 3. The highest BCUT2D eigenvalue weighted by Gasteiger charge is 2.28. The third-order valence-corrected chi connectivity index (χ3v) is 6.32. The molecule has 39 heavy (non-hydrogen) atoms. The van der Waals surface area contributed by atoms with Gasteiger partial charge in [-0.1, -0.05) is 36.4 Å². The lowest BCUT2D eigenvalue weighted by molar-refractivity contribution is 0.357. The zero-order valence-corrected chi connectivity index (χ0v) is 24.1. The number of ether oxygens (including phenoxy) is 3. The molecule has 0 bridgehead atoms. The lowest BCUT2D eigenvalue weighted by atomic mass is 9.88. The van der Waals surface area contributed by atoms with Gasteiger partial charge >= 0.3 is 0 Å². The Morgan fingerprint density at radius 2 is 0.821 bits per heavy atom. The average Bonchev–Trinajstić information content (AvgIpc) is 2.98. The number of alkyl halides is 2. The second-order valence-corrected chi connectivity index (χ2v) is 9.64. The minimum atomic E-state index is 0.100. The average molecular weight is 569 g/mol. The van der Waals surface area contributed by atoms with Gasteiger partial charge in [0, 0.05) is 35.3 Å². The van der Waals surface area contributed by atoms with E-state index in [9.17, 15) is 0 Å². The highest BCUT2D eigenvalue weighted by molar-refractivity contribution is 6.40. The molecule has 1 aliphatic rings. The van der Waals surface area contributed by atoms with Crippen LogP contribution in [0.3, 0.4) is 0 Å². The van der Waals surface area contributed by atoms with E-state index in [1.54, 1.807) is 21.3 Å². The summed E-state index contributed by atoms with van der Waals surface area (Å²) in [5.74, 6) is 2.44. The number of methoxy groups -OCH3 is 3. The maximum atomic E-state index is 5.48. The van der Waals surface area contributed by atoms with Crippen LogP contribution in [-0.4, -0.2) is 63.4 Å². The van der Waals surface area contributed by atoms with Gasteiger partial charge in [0.25, 0.3) is 0 Å². The summed E-state index contributed by atoms with van der Waals surface area (Å²) in [4.78, 5) is 14.8. The maximum Gasteiger partial charge on any atom is 0.127 e. The Morgan fingerprint density at radius 1 is 0.564 bits per heavy atom. The van der Waals surface area contributed by atoms with Crippen LogP contribution in [0.4, 0.5) is 0 Å². The van der Waals surface area contributed by atoms with E-state index in [2.05, 4.69) is 0 Å². The van der Waals surface area contributed by atoms with Crippen LogP contribution >= 0.6 is 23.2 Å². The summed E-state index contributed by atoms with van der Waals surface area (Å²) < 4.78 is 16.5. The van der Waals surface area contributed by atoms with Crippen molar-refractivity contribution in [3.63, 3.8) is 0 Å². The molecule has 3 aromatic carbocycles. The molecule has 0 aliphatic heterocycles. The predicted octanol–water partition coefficient (Wildman–Crippen LogP) is 7.08. The van der Waals surface area contributed by atoms with Crippen LogP contribution in [0, 0.1) is 0 Å². The van der Waals surface area contributed by atoms with Crippen LogP contribution in [0.5, 0.6) is 17.2 Å². The first-order chi connectivity index (χ1) is 19.1. The Morgan fingerprint density at radius 3 is 1.08 bits per heavy atom. The summed E-state index contributed by atoms with van der Waals surface area (Å²) in [6, 6.07) is 24.0. The summed E-state index contributed by atoms with van der Waals surface area (Å²) in [6.45, 7) is 0. The summed E-state index contributed by atoms with van der Waals surface area (Å²) in [5, 5.41) is 0.194. The second-order valence-electron chi connectivity index (χ2n) is 8.83. The van der Waals surface area contributed by atoms with Crippen molar-refractivity contribution in [2.45, 2.75) is 37.4 Å². The normalized spacial score (nSPS) is 19.2. The summed E-state index contributed by atoms with van der Waals surface area (Å²) in [6.07, 6.45) is 8.32. The topological polar surface area (TPSA) is 64.8 Å². The Bertz CT molecular complexity index is 1090. The molecule has 4 rings (SSSR count). The van der Waals surface area contributed by atoms with E-state index < -0.39 is 0 Å². The quantitative estimate of drug-likeness (QED) is 0.205. The van der Waals surface area contributed by atoms with Gasteiger partial charge in [-0.3, -0.25) is 15.0 Å². The first kappa shape index (κ1) is 30.2. The molecule has 0 atom stereocenters. The zero-order valence-electron chi connectivity index (χ0n) is 22.5. The predicted molar refractivity (Wildman–Crippen MR) is 164 cm³/mol. The van der Waals surface area contributed by atoms with Crippen LogP contribution in [0.15, 0.2) is 87.8 Å². The van der Waals surface area contributed by atoms with E-state index in [4.69, 9.17) is 52.4 Å². The lowest BCUT2D eigenvalue weighted by Crippen LogP contribution is -2.30. The van der Waals surface area contributed by atoms with Crippen LogP contribution in [0.1, 0.15) is 36.0 Å². The van der Waals surface area contributed by atoms with E-state index in [0.29, 0.717) is 0 Å². The van der Waals surface area contributed by atoms with Crippen molar-refractivity contribution < 1.29 is 14.2 Å². The standard InChI is InChI=1S/C30H33N3O3.CH2Cl2/c1-34-28-13-7-4-10-22(28)19-31-25-16-26(32-20-23-11-5-8-14-29(23)35-2)18-27(17-25)33-21-24-12-6-9-15-30(24)36-3;2-1-3/h4-15,19-21,25-27H,16-18H2,1-3H3;1H2. The molecule has 1 fully saturated rings. The van der Waals surface area contributed by atoms with Gasteiger partial charge in [-0.15, -0.1) is 23.2 Å². The fraction of sp³-hybridized carbons (Fsp3) is 0.323. The second kappa shape index (κ2) is 16.6. The fourth-order valence-corrected chi connectivity index (χ4v) is 4.47. The fourth-order valence-electron chi connectivity index (χ4n) is 4.47. The number of nitrogens with zero attached hydrogens (tertiary/aromatic N) is 3. The smallest absolute Gasteiger partial charge is 0.127 e. The van der Waals surface area contributed by atoms with Gasteiger partial charge < -0.3 is 14.2 Å². The first-order valence-electron chi connectivity index (χ1n) is 12.7. The number of rotatable bonds is 9. The molecular weight excluding hydrogens is 533 g/mol. The van der Waals surface area contributed by atoms with Crippen LogP contribution in [-0.2, 0) is 0 Å². The van der Waals surface area contributed by atoms with Gasteiger partial charge in [0.05, 0.1) is 44.8 Å². The molecule has 206 valence electrons. The van der Waals surface area contributed by atoms with Gasteiger partial charge in [-0.2, -0.15) is 0 Å². The molecule has 0 saturated heterocycles. The molecule has 0 unspecified atom stereocenters. The van der Waals surface area contributed by atoms with E-state index in [1.807, 2.05) is 91.4 Å². The number of halogens is 2. The Labute approximate surface area is 241 Å². The number of para-hydroxylation sites is 3. The Balaban J connectivity index is 0.00000134. The van der Waals surface area contributed by atoms with E-state index in [0.717, 1.165) is 53.2 Å². The molecule has 1 saturated carbocycles. The summed E-state index contributed by atoms with van der Waals surface area (Å²) >= 11 is 9.53. The van der Waals surface area contributed by atoms with Gasteiger partial charge in [0.15, 0.2) is 0 Å². The monoisotopic (exact) mass is 567 g/mol. The number of benzene rings is 3. The molecule has 0 spiro atoms. The van der Waals surface area contributed by atoms with Crippen LogP contribution in [0.25, 0.3) is 0 Å². The molecule has 0 N–H and O–H groups in total. The Hall–Kier alpha value is -3.35. The number of hydrogen-bond donors (Lipinski definition) is 0. The Kier molecular flexibility index (Phi) is 12.8. The molecule has 3 aromatic rings. The zero-order chi connectivity index (χ0) is 27.9. The summed E-state index contributed by atoms with van der Waals surface area (Å²) in [7, 11) is 5.04. The molecule has 0 aromatic heterocycles. The molecule has 8 heteroatoms. The van der Waals surface area contributed by atoms with Crippen molar-refractivity contribution >= 4 is 41.8 Å². The van der Waals surface area contributed by atoms with Crippen molar-refractivity contribution in [2.75, 3.05) is 26.7 Å². The van der Waals surface area contributed by atoms with Gasteiger partial charge in [0.2, 0.25) is 0 Å². The molecule has 0 radical (unpaired) electrons. The largest absolute Gasteiger partial charge is 0.496 e. The maximum absolute atomic E-state index is 5.48. The first-order valence-corrected chi connectivity index (χ1v) is 13.8. The van der Waals surface area contributed by atoms with Crippen molar-refractivity contribution in [3.8, 4) is 17.2 Å². The summed E-state index contributed by atoms with van der Waals surface area (Å²) in [5.41, 5.74) is 2.90. The molecule has 6 nitrogen and oxygen atoms in total. The van der Waals surface area contributed by atoms with Crippen LogP contribution < -0.4 is 14.2 Å². The van der Waals surface area contributed by atoms with Gasteiger partial charge in [0.1, 0.15) is 17.2 Å². The van der Waals surface area contributed by atoms with Crippen molar-refractivity contribution in [1.29, 1.82) is 0 Å². The van der Waals surface area contributed by atoms with Gasteiger partial charge in [-0.25, -0.2) is 0 Å². The van der Waals surface area contributed by atoms with Crippen LogP contribution in [0.2, 0.25) is 0 Å². The van der Waals surface area contributed by atoms with Crippen molar-refractivity contribution in [2.24, 2.45) is 15.0 Å². The SMILES string of the molecule is COc1ccccc1C=NC1CC(N=Cc2ccccc2OC)CC(N=Cc2ccccc2OC)C1.ClCCl. The van der Waals surface area contributed by atoms with Gasteiger partial charge in [-0.05, 0) is 55.7 Å². The van der Waals surface area contributed by atoms with E-state index in [1.165, 1.54) is 0 Å². The number of hydrogen-bond acceptors (Lipinski definition) is 6. The third-order valence-electron chi connectivity index (χ3n) is 6.32. The minimum Gasteiger partial charge on any atom is -0.496 e. The molecule has 1 aliphatic carbocycles. The third kappa shape index (κ3) is 9.41. The highest BCUT2D eigenvalue weighted by Crippen LogP contribution is 2.28. The molecular formula is C31H35Cl2N3O3. The lowest BCUT2D eigenvalue weighted by Gasteiger charge is -2.29. The minimum absolute atomic E-state index is 0.100.